The van der Waals surface area contributed by atoms with Crippen LogP contribution in [0.5, 0.6) is 0 Å². The number of hydrogen-bond donors (Lipinski definition) is 1. The number of benzene rings is 2. The van der Waals surface area contributed by atoms with Gasteiger partial charge < -0.3 is 14.7 Å². The Morgan fingerprint density at radius 1 is 1.00 bits per heavy atom. The molecular formula is C27H31Cl2N5O2. The molecular weight excluding hydrogens is 497 g/mol. The number of carbonyl (C=O) groups is 1. The molecule has 9 heteroatoms. The van der Waals surface area contributed by atoms with E-state index in [0.717, 1.165) is 44.6 Å². The lowest BCUT2D eigenvalue weighted by atomic mass is 9.96. The molecule has 0 saturated carbocycles. The maximum atomic E-state index is 12.8. The number of nitrogens with zero attached hydrogens (tertiary/aromatic N) is 4. The van der Waals surface area contributed by atoms with Crippen LogP contribution in [0, 0.1) is 5.92 Å². The van der Waals surface area contributed by atoms with Crippen molar-refractivity contribution in [2.45, 2.75) is 45.2 Å². The largest absolute Gasteiger partial charge is 0.372 e. The highest BCUT2D eigenvalue weighted by molar-refractivity contribution is 6.36. The number of hydrogen-bond acceptors (Lipinski definition) is 6. The highest BCUT2D eigenvalue weighted by Gasteiger charge is 2.26. The molecule has 7 nitrogen and oxygen atoms in total. The molecule has 5 rings (SSSR count). The molecule has 2 fully saturated rings. The minimum absolute atomic E-state index is 0.0278. The van der Waals surface area contributed by atoms with Crippen LogP contribution < -0.4 is 10.2 Å². The fourth-order valence-electron chi connectivity index (χ4n) is 4.95. The van der Waals surface area contributed by atoms with E-state index in [9.17, 15) is 4.79 Å². The third-order valence-corrected chi connectivity index (χ3v) is 7.63. The average Bonchev–Trinajstić information content (AvgIpc) is 3.36. The molecule has 36 heavy (non-hydrogen) atoms. The first-order valence-electron chi connectivity index (χ1n) is 12.7. The van der Waals surface area contributed by atoms with Gasteiger partial charge in [0.05, 0.1) is 11.6 Å². The van der Waals surface area contributed by atoms with E-state index in [1.54, 1.807) is 18.2 Å². The van der Waals surface area contributed by atoms with Crippen LogP contribution in [-0.2, 0) is 17.9 Å². The predicted molar refractivity (Wildman–Crippen MR) is 142 cm³/mol. The summed E-state index contributed by atoms with van der Waals surface area (Å²) < 4.78 is 5.44. The molecule has 0 unspecified atom stereocenters. The normalized spacial score (nSPS) is 17.3. The Hall–Kier alpha value is -2.61. The van der Waals surface area contributed by atoms with Gasteiger partial charge in [-0.05, 0) is 81.1 Å². The van der Waals surface area contributed by atoms with Crippen molar-refractivity contribution in [3.05, 3.63) is 64.0 Å². The number of amides is 1. The lowest BCUT2D eigenvalue weighted by Crippen LogP contribution is -2.40. The van der Waals surface area contributed by atoms with Crippen LogP contribution in [0.1, 0.15) is 43.6 Å². The molecule has 0 spiro atoms. The average molecular weight is 528 g/mol. The lowest BCUT2D eigenvalue weighted by Gasteiger charge is -2.30. The smallest absolute Gasteiger partial charge is 0.241 e. The van der Waals surface area contributed by atoms with E-state index in [1.165, 1.54) is 24.9 Å². The molecule has 3 heterocycles. The van der Waals surface area contributed by atoms with Gasteiger partial charge in [0, 0.05) is 41.8 Å². The Morgan fingerprint density at radius 2 is 1.75 bits per heavy atom. The number of likely N-dealkylation sites (tertiary alicyclic amines) is 1. The van der Waals surface area contributed by atoms with Gasteiger partial charge in [-0.1, -0.05) is 40.5 Å². The van der Waals surface area contributed by atoms with Crippen molar-refractivity contribution in [3.63, 3.8) is 0 Å². The third-order valence-electron chi connectivity index (χ3n) is 7.08. The second-order valence-electron chi connectivity index (χ2n) is 9.62. The quantitative estimate of drug-likeness (QED) is 0.433. The van der Waals surface area contributed by atoms with E-state index < -0.39 is 0 Å². The number of carbonyl (C=O) groups excluding carboxylic acids is 1. The molecule has 2 aromatic carbocycles. The summed E-state index contributed by atoms with van der Waals surface area (Å²) in [6.07, 6.45) is 5.49. The molecule has 0 bridgehead atoms. The third kappa shape index (κ3) is 6.20. The van der Waals surface area contributed by atoms with Gasteiger partial charge in [0.25, 0.3) is 0 Å². The van der Waals surface area contributed by atoms with Crippen molar-refractivity contribution in [2.75, 3.05) is 31.1 Å². The van der Waals surface area contributed by atoms with Crippen LogP contribution in [0.3, 0.4) is 0 Å². The van der Waals surface area contributed by atoms with Gasteiger partial charge in [0.1, 0.15) is 0 Å². The Bertz CT molecular complexity index is 1170. The minimum atomic E-state index is 0.0278. The molecule has 3 aromatic rings. The lowest BCUT2D eigenvalue weighted by molar-refractivity contribution is -0.126. The SMILES string of the molecule is O=C(NCc1ccc(N2CCCCC2)cc1)C1CCN(Cc2nc(-c3ccc(Cl)cc3Cl)no2)CC1. The first-order valence-corrected chi connectivity index (χ1v) is 13.4. The molecule has 2 aliphatic rings. The number of piperidine rings is 2. The van der Waals surface area contributed by atoms with Gasteiger partial charge >= 0.3 is 0 Å². The van der Waals surface area contributed by atoms with Crippen molar-refractivity contribution in [2.24, 2.45) is 5.92 Å². The summed E-state index contributed by atoms with van der Waals surface area (Å²) in [5.41, 5.74) is 3.10. The van der Waals surface area contributed by atoms with Crippen LogP contribution in [0.2, 0.25) is 10.0 Å². The van der Waals surface area contributed by atoms with Crippen LogP contribution >= 0.6 is 23.2 Å². The molecule has 2 aliphatic heterocycles. The van der Waals surface area contributed by atoms with Crippen molar-refractivity contribution in [1.29, 1.82) is 0 Å². The molecule has 0 radical (unpaired) electrons. The number of nitrogens with one attached hydrogen (secondary N) is 1. The summed E-state index contributed by atoms with van der Waals surface area (Å²) in [5, 5.41) is 8.24. The molecule has 2 saturated heterocycles. The van der Waals surface area contributed by atoms with E-state index in [2.05, 4.69) is 49.5 Å². The van der Waals surface area contributed by atoms with Crippen molar-refractivity contribution < 1.29 is 9.32 Å². The van der Waals surface area contributed by atoms with Crippen molar-refractivity contribution in [3.8, 4) is 11.4 Å². The van der Waals surface area contributed by atoms with Gasteiger partial charge in [-0.25, -0.2) is 0 Å². The van der Waals surface area contributed by atoms with Crippen molar-refractivity contribution in [1.82, 2.24) is 20.4 Å². The van der Waals surface area contributed by atoms with Crippen LogP contribution in [0.25, 0.3) is 11.4 Å². The maximum Gasteiger partial charge on any atom is 0.241 e. The summed E-state index contributed by atoms with van der Waals surface area (Å²) in [5.74, 6) is 1.14. The Balaban J connectivity index is 1.06. The molecule has 0 atom stereocenters. The van der Waals surface area contributed by atoms with Crippen LogP contribution in [0.15, 0.2) is 47.0 Å². The van der Waals surface area contributed by atoms with E-state index in [1.807, 2.05) is 0 Å². The molecule has 0 aliphatic carbocycles. The fourth-order valence-corrected chi connectivity index (χ4v) is 5.45. The van der Waals surface area contributed by atoms with E-state index in [-0.39, 0.29) is 11.8 Å². The second kappa shape index (κ2) is 11.6. The van der Waals surface area contributed by atoms with Gasteiger partial charge in [-0.3, -0.25) is 9.69 Å². The summed E-state index contributed by atoms with van der Waals surface area (Å²) >= 11 is 12.2. The highest BCUT2D eigenvalue weighted by atomic mass is 35.5. The summed E-state index contributed by atoms with van der Waals surface area (Å²) in [7, 11) is 0. The van der Waals surface area contributed by atoms with Crippen molar-refractivity contribution >= 4 is 34.8 Å². The van der Waals surface area contributed by atoms with Gasteiger partial charge in [0.15, 0.2) is 0 Å². The Labute approximate surface area is 221 Å². The number of anilines is 1. The molecule has 1 N–H and O–H groups in total. The summed E-state index contributed by atoms with van der Waals surface area (Å²) in [4.78, 5) is 21.9. The zero-order valence-corrected chi connectivity index (χ0v) is 21.8. The fraction of sp³-hybridized carbons (Fsp3) is 0.444. The van der Waals surface area contributed by atoms with E-state index >= 15 is 0 Å². The van der Waals surface area contributed by atoms with Gasteiger partial charge in [-0.15, -0.1) is 0 Å². The Morgan fingerprint density at radius 3 is 2.47 bits per heavy atom. The topological polar surface area (TPSA) is 74.5 Å². The maximum absolute atomic E-state index is 12.8. The summed E-state index contributed by atoms with van der Waals surface area (Å²) in [6, 6.07) is 13.8. The van der Waals surface area contributed by atoms with Gasteiger partial charge in [-0.2, -0.15) is 4.98 Å². The second-order valence-corrected chi connectivity index (χ2v) is 10.5. The zero-order chi connectivity index (χ0) is 24.9. The number of rotatable bonds is 7. The molecule has 1 aromatic heterocycles. The predicted octanol–water partition coefficient (Wildman–Crippen LogP) is 5.56. The first-order chi connectivity index (χ1) is 17.5. The highest BCUT2D eigenvalue weighted by Crippen LogP contribution is 2.29. The van der Waals surface area contributed by atoms with E-state index in [4.69, 9.17) is 27.7 Å². The molecule has 1 amide bonds. The minimum Gasteiger partial charge on any atom is -0.372 e. The first kappa shape index (κ1) is 25.1. The number of aromatic nitrogens is 2. The monoisotopic (exact) mass is 527 g/mol. The van der Waals surface area contributed by atoms with E-state index in [0.29, 0.717) is 40.4 Å². The standard InChI is InChI=1S/C27H31Cl2N5O2/c28-21-6-9-23(24(29)16-21)26-31-25(36-32-26)18-33-14-10-20(11-15-33)27(35)30-17-19-4-7-22(8-5-19)34-12-2-1-3-13-34/h4-9,16,20H,1-3,10-15,17-18H2,(H,30,35). The zero-order valence-electron chi connectivity index (χ0n) is 20.3. The van der Waals surface area contributed by atoms with Gasteiger partial charge in [0.2, 0.25) is 17.6 Å². The summed E-state index contributed by atoms with van der Waals surface area (Å²) in [6.45, 7) is 5.01. The van der Waals surface area contributed by atoms with Crippen LogP contribution in [-0.4, -0.2) is 47.1 Å². The number of halogens is 2. The molecule has 190 valence electrons. The Kier molecular flexibility index (Phi) is 8.09. The van der Waals surface area contributed by atoms with Crippen LogP contribution in [0.4, 0.5) is 5.69 Å².